The van der Waals surface area contributed by atoms with E-state index in [1.54, 1.807) is 0 Å². The molecule has 0 atom stereocenters. The van der Waals surface area contributed by atoms with Crippen molar-refractivity contribution < 1.29 is 23.9 Å². The summed E-state index contributed by atoms with van der Waals surface area (Å²) in [6.45, 7) is 5.43. The van der Waals surface area contributed by atoms with Crippen molar-refractivity contribution in [3.8, 4) is 5.75 Å². The number of carbonyl (C=O) groups excluding carboxylic acids is 3. The van der Waals surface area contributed by atoms with Gasteiger partial charge in [-0.15, -0.1) is 0 Å². The number of benzene rings is 1. The predicted molar refractivity (Wildman–Crippen MR) is 91.2 cm³/mol. The SMILES string of the molecule is CCC1(CC)NC(=O)N(CC(=O)OCCOc2ccccc2C)C1=O. The standard InChI is InChI=1S/C18H24N2O5/c1-4-18(5-2)16(22)20(17(23)19-18)12-15(21)25-11-10-24-14-9-7-6-8-13(14)3/h6-9H,4-5,10-12H2,1-3H3,(H,19,23). The Morgan fingerprint density at radius 3 is 2.44 bits per heavy atom. The minimum Gasteiger partial charge on any atom is -0.490 e. The summed E-state index contributed by atoms with van der Waals surface area (Å²) in [4.78, 5) is 37.2. The van der Waals surface area contributed by atoms with Gasteiger partial charge >= 0.3 is 12.0 Å². The summed E-state index contributed by atoms with van der Waals surface area (Å²) in [5.74, 6) is -0.293. The van der Waals surface area contributed by atoms with E-state index >= 15 is 0 Å². The third kappa shape index (κ3) is 4.10. The molecule has 0 aromatic heterocycles. The lowest BCUT2D eigenvalue weighted by Gasteiger charge is -2.22. The van der Waals surface area contributed by atoms with Gasteiger partial charge in [-0.25, -0.2) is 4.79 Å². The van der Waals surface area contributed by atoms with Crippen LogP contribution in [-0.4, -0.2) is 48.1 Å². The van der Waals surface area contributed by atoms with Crippen LogP contribution in [0.5, 0.6) is 5.75 Å². The highest BCUT2D eigenvalue weighted by molar-refractivity contribution is 6.08. The summed E-state index contributed by atoms with van der Waals surface area (Å²) in [5, 5.41) is 2.67. The van der Waals surface area contributed by atoms with Crippen LogP contribution in [0.3, 0.4) is 0 Å². The first-order valence-corrected chi connectivity index (χ1v) is 8.41. The largest absolute Gasteiger partial charge is 0.490 e. The fraction of sp³-hybridized carbons (Fsp3) is 0.500. The molecule has 0 spiro atoms. The van der Waals surface area contributed by atoms with Crippen LogP contribution in [0, 0.1) is 6.92 Å². The van der Waals surface area contributed by atoms with Crippen molar-refractivity contribution in [2.75, 3.05) is 19.8 Å². The van der Waals surface area contributed by atoms with Crippen molar-refractivity contribution in [3.05, 3.63) is 29.8 Å². The summed E-state index contributed by atoms with van der Waals surface area (Å²) < 4.78 is 10.6. The summed E-state index contributed by atoms with van der Waals surface area (Å²) >= 11 is 0. The Labute approximate surface area is 147 Å². The van der Waals surface area contributed by atoms with Crippen LogP contribution in [-0.2, 0) is 14.3 Å². The number of esters is 1. The maximum absolute atomic E-state index is 12.4. The van der Waals surface area contributed by atoms with Crippen LogP contribution in [0.2, 0.25) is 0 Å². The molecule has 25 heavy (non-hydrogen) atoms. The van der Waals surface area contributed by atoms with Crippen LogP contribution >= 0.6 is 0 Å². The van der Waals surface area contributed by atoms with Crippen molar-refractivity contribution in [2.24, 2.45) is 0 Å². The molecule has 2 rings (SSSR count). The first kappa shape index (κ1) is 18.8. The first-order valence-electron chi connectivity index (χ1n) is 8.41. The highest BCUT2D eigenvalue weighted by Crippen LogP contribution is 2.24. The third-order valence-electron chi connectivity index (χ3n) is 4.44. The van der Waals surface area contributed by atoms with Crippen LogP contribution in [0.25, 0.3) is 0 Å². The quantitative estimate of drug-likeness (QED) is 0.441. The Morgan fingerprint density at radius 2 is 1.84 bits per heavy atom. The lowest BCUT2D eigenvalue weighted by Crippen LogP contribution is -2.46. The van der Waals surface area contributed by atoms with Gasteiger partial charge in [-0.3, -0.25) is 14.5 Å². The van der Waals surface area contributed by atoms with E-state index in [4.69, 9.17) is 9.47 Å². The molecule has 0 bridgehead atoms. The maximum atomic E-state index is 12.4. The Hall–Kier alpha value is -2.57. The van der Waals surface area contributed by atoms with E-state index in [1.165, 1.54) is 0 Å². The van der Waals surface area contributed by atoms with Crippen molar-refractivity contribution in [1.82, 2.24) is 10.2 Å². The molecule has 1 fully saturated rings. The van der Waals surface area contributed by atoms with Crippen LogP contribution in [0.1, 0.15) is 32.3 Å². The second kappa shape index (κ2) is 8.00. The Kier molecular flexibility index (Phi) is 6.01. The van der Waals surface area contributed by atoms with Crippen LogP contribution < -0.4 is 10.1 Å². The van der Waals surface area contributed by atoms with E-state index in [0.29, 0.717) is 12.8 Å². The fourth-order valence-corrected chi connectivity index (χ4v) is 2.75. The number of nitrogens with one attached hydrogen (secondary N) is 1. The molecular weight excluding hydrogens is 324 g/mol. The van der Waals surface area contributed by atoms with Gasteiger partial charge in [0.25, 0.3) is 5.91 Å². The molecule has 3 amide bonds. The number of aryl methyl sites for hydroxylation is 1. The van der Waals surface area contributed by atoms with Gasteiger partial charge in [0.2, 0.25) is 0 Å². The number of para-hydroxylation sites is 1. The van der Waals surface area contributed by atoms with Gasteiger partial charge in [-0.05, 0) is 31.4 Å². The summed E-state index contributed by atoms with van der Waals surface area (Å²) in [6.07, 6.45) is 0.952. The van der Waals surface area contributed by atoms with Gasteiger partial charge in [-0.1, -0.05) is 32.0 Å². The minimum atomic E-state index is -0.911. The average molecular weight is 348 g/mol. The number of urea groups is 1. The topological polar surface area (TPSA) is 84.9 Å². The van der Waals surface area contributed by atoms with Crippen molar-refractivity contribution in [2.45, 2.75) is 39.2 Å². The van der Waals surface area contributed by atoms with E-state index in [1.807, 2.05) is 45.0 Å². The molecule has 1 saturated heterocycles. The number of nitrogens with zero attached hydrogens (tertiary/aromatic N) is 1. The molecule has 0 radical (unpaired) electrons. The van der Waals surface area contributed by atoms with Gasteiger partial charge in [-0.2, -0.15) is 0 Å². The van der Waals surface area contributed by atoms with Crippen LogP contribution in [0.4, 0.5) is 4.79 Å². The predicted octanol–water partition coefficient (Wildman–Crippen LogP) is 2.03. The lowest BCUT2D eigenvalue weighted by atomic mass is 9.93. The molecule has 0 aliphatic carbocycles. The molecule has 1 N–H and O–H groups in total. The number of imide groups is 1. The number of hydrogen-bond donors (Lipinski definition) is 1. The Bertz CT molecular complexity index is 655. The van der Waals surface area contributed by atoms with Gasteiger partial charge in [0.05, 0.1) is 0 Å². The second-order valence-electron chi connectivity index (χ2n) is 5.95. The lowest BCUT2D eigenvalue weighted by molar-refractivity contribution is -0.148. The van der Waals surface area contributed by atoms with Gasteiger partial charge < -0.3 is 14.8 Å². The highest BCUT2D eigenvalue weighted by atomic mass is 16.6. The zero-order valence-corrected chi connectivity index (χ0v) is 14.8. The van der Waals surface area contributed by atoms with Crippen LogP contribution in [0.15, 0.2) is 24.3 Å². The van der Waals surface area contributed by atoms with E-state index in [-0.39, 0.29) is 19.1 Å². The molecule has 1 aromatic carbocycles. The van der Waals surface area contributed by atoms with Gasteiger partial charge in [0.15, 0.2) is 0 Å². The molecule has 0 unspecified atom stereocenters. The van der Waals surface area contributed by atoms with Gasteiger partial charge in [0.1, 0.15) is 31.0 Å². The molecule has 1 aliphatic rings. The van der Waals surface area contributed by atoms with Crippen molar-refractivity contribution in [3.63, 3.8) is 0 Å². The number of amides is 3. The molecule has 1 aliphatic heterocycles. The highest BCUT2D eigenvalue weighted by Gasteiger charge is 2.49. The van der Waals surface area contributed by atoms with E-state index < -0.39 is 24.1 Å². The molecule has 1 aromatic rings. The molecular formula is C18H24N2O5. The molecule has 136 valence electrons. The van der Waals surface area contributed by atoms with E-state index in [0.717, 1.165) is 16.2 Å². The monoisotopic (exact) mass is 348 g/mol. The Balaban J connectivity index is 1.80. The van der Waals surface area contributed by atoms with E-state index in [2.05, 4.69) is 5.32 Å². The number of hydrogen-bond acceptors (Lipinski definition) is 5. The molecule has 0 saturated carbocycles. The molecule has 7 heteroatoms. The number of rotatable bonds is 8. The number of ether oxygens (including phenoxy) is 2. The summed E-state index contributed by atoms with van der Waals surface area (Å²) in [7, 11) is 0. The average Bonchev–Trinajstić information content (AvgIpc) is 2.85. The van der Waals surface area contributed by atoms with Crippen molar-refractivity contribution >= 4 is 17.9 Å². The van der Waals surface area contributed by atoms with Crippen molar-refractivity contribution in [1.29, 1.82) is 0 Å². The second-order valence-corrected chi connectivity index (χ2v) is 5.95. The normalized spacial score (nSPS) is 15.9. The fourth-order valence-electron chi connectivity index (χ4n) is 2.75. The molecule has 7 nitrogen and oxygen atoms in total. The summed E-state index contributed by atoms with van der Waals surface area (Å²) in [5.41, 5.74) is 0.0781. The minimum absolute atomic E-state index is 0.0452. The third-order valence-corrected chi connectivity index (χ3v) is 4.44. The number of carbonyl (C=O) groups is 3. The zero-order valence-electron chi connectivity index (χ0n) is 14.8. The zero-order chi connectivity index (χ0) is 18.4. The smallest absolute Gasteiger partial charge is 0.326 e. The van der Waals surface area contributed by atoms with E-state index in [9.17, 15) is 14.4 Å². The Morgan fingerprint density at radius 1 is 1.16 bits per heavy atom. The summed E-state index contributed by atoms with van der Waals surface area (Å²) in [6, 6.07) is 6.97. The van der Waals surface area contributed by atoms with Gasteiger partial charge in [0, 0.05) is 0 Å². The maximum Gasteiger partial charge on any atom is 0.326 e. The first-order chi connectivity index (χ1) is 11.9. The molecule has 1 heterocycles.